The lowest BCUT2D eigenvalue weighted by atomic mass is 10.1. The van der Waals surface area contributed by atoms with Crippen LogP contribution in [0.4, 0.5) is 28.8 Å². The first kappa shape index (κ1) is 24.8. The van der Waals surface area contributed by atoms with Gasteiger partial charge in [-0.05, 0) is 55.3 Å². The number of aromatic nitrogens is 2. The molecule has 0 atom stereocenters. The van der Waals surface area contributed by atoms with Crippen molar-refractivity contribution < 1.29 is 10.0 Å². The first-order valence-electron chi connectivity index (χ1n) is 11.0. The third kappa shape index (κ3) is 5.85. The highest BCUT2D eigenvalue weighted by molar-refractivity contribution is 6.36. The van der Waals surface area contributed by atoms with Gasteiger partial charge in [-0.1, -0.05) is 23.2 Å². The fraction of sp³-hybridized carbons (Fsp3) is 0.261. The number of piperidine rings is 1. The van der Waals surface area contributed by atoms with Gasteiger partial charge in [0.1, 0.15) is 11.6 Å². The summed E-state index contributed by atoms with van der Waals surface area (Å²) in [7, 11) is 0. The average Bonchev–Trinajstić information content (AvgIpc) is 2.82. The lowest BCUT2D eigenvalue weighted by molar-refractivity contribution is -0.119. The molecule has 0 bridgehead atoms. The van der Waals surface area contributed by atoms with Crippen LogP contribution in [0.3, 0.4) is 0 Å². The summed E-state index contributed by atoms with van der Waals surface area (Å²) in [6.45, 7) is 1.58. The number of halogens is 2. The third-order valence-electron chi connectivity index (χ3n) is 5.52. The molecule has 1 aliphatic rings. The molecule has 184 valence electrons. The number of pyridine rings is 2. The largest absolute Gasteiger partial charge is 0.733 e. The van der Waals surface area contributed by atoms with Crippen molar-refractivity contribution in [3.63, 3.8) is 0 Å². The van der Waals surface area contributed by atoms with Crippen LogP contribution in [-0.4, -0.2) is 40.7 Å². The predicted octanol–water partition coefficient (Wildman–Crippen LogP) is 4.77. The Kier molecular flexibility index (Phi) is 7.76. The monoisotopic (exact) mass is 516 g/mol. The maximum Gasteiger partial charge on any atom is 0.227 e. The third-order valence-corrected chi connectivity index (χ3v) is 6.07. The molecule has 0 saturated carbocycles. The van der Waals surface area contributed by atoms with Crippen LogP contribution >= 0.6 is 23.2 Å². The van der Waals surface area contributed by atoms with E-state index >= 15 is 0 Å². The number of hydrogen-bond acceptors (Lipinski definition) is 9. The summed E-state index contributed by atoms with van der Waals surface area (Å²) < 4.78 is 0. The molecule has 1 aromatic carbocycles. The molecule has 2 aromatic heterocycles. The maximum atomic E-state index is 12.6. The number of nitrogens with zero attached hydrogens (tertiary/aromatic N) is 4. The minimum Gasteiger partial charge on any atom is -0.733 e. The van der Waals surface area contributed by atoms with Gasteiger partial charge in [0.15, 0.2) is 5.82 Å². The van der Waals surface area contributed by atoms with E-state index in [1.54, 1.807) is 23.1 Å². The van der Waals surface area contributed by atoms with E-state index in [1.807, 2.05) is 12.1 Å². The molecule has 3 aromatic rings. The van der Waals surface area contributed by atoms with Crippen molar-refractivity contribution in [1.82, 2.24) is 9.97 Å². The molecule has 1 amide bonds. The molecule has 10 nitrogen and oxygen atoms in total. The molecule has 5 N–H and O–H groups in total. The van der Waals surface area contributed by atoms with E-state index in [9.17, 15) is 10.0 Å². The molecule has 12 heteroatoms. The minimum atomic E-state index is -0.328. The van der Waals surface area contributed by atoms with Crippen molar-refractivity contribution in [3.05, 3.63) is 57.7 Å². The van der Waals surface area contributed by atoms with Crippen molar-refractivity contribution in [2.24, 2.45) is 0 Å². The van der Waals surface area contributed by atoms with Gasteiger partial charge in [-0.2, -0.15) is 0 Å². The zero-order valence-corrected chi connectivity index (χ0v) is 20.2. The first-order chi connectivity index (χ1) is 16.8. The lowest BCUT2D eigenvalue weighted by Gasteiger charge is -2.28. The van der Waals surface area contributed by atoms with Gasteiger partial charge >= 0.3 is 0 Å². The summed E-state index contributed by atoms with van der Waals surface area (Å²) in [5.41, 5.74) is 7.53. The smallest absolute Gasteiger partial charge is 0.227 e. The number of nitrogens with one attached hydrogen (secondary N) is 2. The molecule has 4 rings (SSSR count). The summed E-state index contributed by atoms with van der Waals surface area (Å²) in [6, 6.07) is 11.8. The van der Waals surface area contributed by atoms with Crippen molar-refractivity contribution >= 4 is 57.9 Å². The number of benzene rings is 1. The molecular formula is C23H24Cl2N7O3-. The fourth-order valence-electron chi connectivity index (χ4n) is 3.82. The first-order valence-corrected chi connectivity index (χ1v) is 11.8. The molecule has 1 saturated heterocycles. The Morgan fingerprint density at radius 1 is 1.06 bits per heavy atom. The Labute approximate surface area is 212 Å². The van der Waals surface area contributed by atoms with E-state index in [0.717, 1.165) is 12.8 Å². The van der Waals surface area contributed by atoms with Crippen molar-refractivity contribution in [2.75, 3.05) is 46.1 Å². The van der Waals surface area contributed by atoms with Gasteiger partial charge in [-0.15, -0.1) is 0 Å². The summed E-state index contributed by atoms with van der Waals surface area (Å²) in [4.78, 5) is 23.2. The fourth-order valence-corrected chi connectivity index (χ4v) is 4.32. The molecule has 1 aliphatic heterocycles. The molecule has 0 aliphatic carbocycles. The van der Waals surface area contributed by atoms with Crippen molar-refractivity contribution in [3.8, 4) is 11.3 Å². The van der Waals surface area contributed by atoms with E-state index in [4.69, 9.17) is 39.1 Å². The number of amides is 1. The average molecular weight is 517 g/mol. The van der Waals surface area contributed by atoms with Gasteiger partial charge in [-0.25, -0.2) is 9.97 Å². The van der Waals surface area contributed by atoms with Crippen molar-refractivity contribution in [2.45, 2.75) is 19.3 Å². The Hall–Kier alpha value is -3.31. The number of carbonyl (C=O) groups is 1. The Balaban J connectivity index is 1.50. The summed E-state index contributed by atoms with van der Waals surface area (Å²) in [5.74, 6) is 1.03. The maximum absolute atomic E-state index is 12.6. The Bertz CT molecular complexity index is 1230. The highest BCUT2D eigenvalue weighted by Crippen LogP contribution is 2.37. The van der Waals surface area contributed by atoms with Crippen LogP contribution < -0.4 is 26.5 Å². The number of nitrogens with two attached hydrogens (primary N) is 1. The molecule has 0 unspecified atom stereocenters. The minimum absolute atomic E-state index is 0.0633. The second-order valence-corrected chi connectivity index (χ2v) is 8.76. The molecular weight excluding hydrogens is 493 g/mol. The highest BCUT2D eigenvalue weighted by Gasteiger charge is 2.24. The Morgan fingerprint density at radius 3 is 2.43 bits per heavy atom. The number of carbonyl (C=O) groups excluding carboxylic acids is 1. The van der Waals surface area contributed by atoms with E-state index in [-0.39, 0.29) is 22.6 Å². The summed E-state index contributed by atoms with van der Waals surface area (Å²) in [5, 5.41) is 26.9. The van der Waals surface area contributed by atoms with E-state index in [1.165, 1.54) is 12.1 Å². The van der Waals surface area contributed by atoms with Gasteiger partial charge < -0.3 is 31.7 Å². The van der Waals surface area contributed by atoms with Crippen LogP contribution in [-0.2, 0) is 4.79 Å². The molecule has 0 radical (unpaired) electrons. The number of rotatable bonds is 8. The number of nitrogen functional groups attached to an aromatic ring is 1. The molecule has 3 heterocycles. The van der Waals surface area contributed by atoms with Crippen LogP contribution in [0.5, 0.6) is 0 Å². The molecule has 35 heavy (non-hydrogen) atoms. The quantitative estimate of drug-likeness (QED) is 0.246. The number of anilines is 5. The van der Waals surface area contributed by atoms with Crippen LogP contribution in [0.25, 0.3) is 11.3 Å². The lowest BCUT2D eigenvalue weighted by Crippen LogP contribution is -2.35. The predicted molar refractivity (Wildman–Crippen MR) is 139 cm³/mol. The zero-order valence-electron chi connectivity index (χ0n) is 18.7. The van der Waals surface area contributed by atoms with Crippen LogP contribution in [0.2, 0.25) is 10.0 Å². The second kappa shape index (κ2) is 11.0. The standard InChI is InChI=1S/C23H24Cl2N7O3/c24-14-4-5-15(16(25)13-14)22-17(31-12-2-1-3-21(31)33)6-8-19(29-22)27-10-11-28-20-9-7-18(32(34)35)23(26)30-20/h4-9,13,34H,1-3,10-12H2,(H,27,29)(H3,26,28,30)/q-1. The van der Waals surface area contributed by atoms with Gasteiger partial charge in [0.05, 0.1) is 22.1 Å². The Morgan fingerprint density at radius 2 is 1.77 bits per heavy atom. The molecule has 1 fully saturated rings. The normalized spacial score (nSPS) is 13.6. The summed E-state index contributed by atoms with van der Waals surface area (Å²) >= 11 is 12.6. The number of hydrogen-bond donors (Lipinski definition) is 4. The van der Waals surface area contributed by atoms with Gasteiger partial charge in [-0.3, -0.25) is 10.0 Å². The van der Waals surface area contributed by atoms with Crippen LogP contribution in [0, 0.1) is 5.21 Å². The van der Waals surface area contributed by atoms with Gasteiger partial charge in [0.25, 0.3) is 0 Å². The van der Waals surface area contributed by atoms with E-state index < -0.39 is 0 Å². The SMILES string of the molecule is Nc1nc(NCCNc2ccc(N3CCCCC3=O)c(-c3ccc(Cl)cc3Cl)n2)ccc1N([O-])O. The highest BCUT2D eigenvalue weighted by atomic mass is 35.5. The van der Waals surface area contributed by atoms with Crippen LogP contribution in [0.1, 0.15) is 19.3 Å². The van der Waals surface area contributed by atoms with Gasteiger partial charge in [0, 0.05) is 36.6 Å². The van der Waals surface area contributed by atoms with E-state index in [0.29, 0.717) is 64.7 Å². The zero-order chi connectivity index (χ0) is 24.9. The summed E-state index contributed by atoms with van der Waals surface area (Å²) in [6.07, 6.45) is 2.31. The topological polar surface area (TPSA) is 143 Å². The van der Waals surface area contributed by atoms with Crippen LogP contribution in [0.15, 0.2) is 42.5 Å². The van der Waals surface area contributed by atoms with E-state index in [2.05, 4.69) is 15.6 Å². The second-order valence-electron chi connectivity index (χ2n) is 7.92. The molecule has 0 spiro atoms. The van der Waals surface area contributed by atoms with Crippen molar-refractivity contribution in [1.29, 1.82) is 0 Å². The van der Waals surface area contributed by atoms with Gasteiger partial charge in [0.2, 0.25) is 5.91 Å².